The van der Waals surface area contributed by atoms with Crippen molar-refractivity contribution in [2.24, 2.45) is 5.73 Å². The predicted molar refractivity (Wildman–Crippen MR) is 65.1 cm³/mol. The number of rotatable bonds is 7. The quantitative estimate of drug-likeness (QED) is 0.771. The van der Waals surface area contributed by atoms with Crippen LogP contribution in [0.4, 0.5) is 0 Å². The molecule has 1 rings (SSSR count). The molecule has 1 heterocycles. The SMILES string of the molecule is CCn1cc(COCC(N)(CC)CC)cn1. The van der Waals surface area contributed by atoms with Crippen molar-refractivity contribution in [3.05, 3.63) is 18.0 Å². The van der Waals surface area contributed by atoms with Crippen molar-refractivity contribution in [2.45, 2.75) is 52.3 Å². The first-order valence-electron chi connectivity index (χ1n) is 6.01. The van der Waals surface area contributed by atoms with Gasteiger partial charge in [-0.25, -0.2) is 0 Å². The molecule has 0 saturated heterocycles. The fourth-order valence-electron chi connectivity index (χ4n) is 1.48. The number of ether oxygens (including phenoxy) is 1. The van der Waals surface area contributed by atoms with Crippen molar-refractivity contribution >= 4 is 0 Å². The molecule has 0 atom stereocenters. The van der Waals surface area contributed by atoms with Gasteiger partial charge in [0.25, 0.3) is 0 Å². The van der Waals surface area contributed by atoms with Crippen molar-refractivity contribution < 1.29 is 4.74 Å². The smallest absolute Gasteiger partial charge is 0.0748 e. The molecule has 1 aromatic rings. The Labute approximate surface area is 97.8 Å². The van der Waals surface area contributed by atoms with Crippen LogP contribution in [-0.4, -0.2) is 21.9 Å². The molecule has 2 N–H and O–H groups in total. The Hall–Kier alpha value is -0.870. The number of nitrogens with zero attached hydrogens (tertiary/aromatic N) is 2. The molecular weight excluding hydrogens is 202 g/mol. The highest BCUT2D eigenvalue weighted by Gasteiger charge is 2.20. The summed E-state index contributed by atoms with van der Waals surface area (Å²) in [5.74, 6) is 0. The Morgan fingerprint density at radius 1 is 1.38 bits per heavy atom. The molecule has 0 aliphatic rings. The topological polar surface area (TPSA) is 53.1 Å². The zero-order chi connectivity index (χ0) is 12.0. The van der Waals surface area contributed by atoms with Crippen LogP contribution in [0.1, 0.15) is 39.2 Å². The van der Waals surface area contributed by atoms with Crippen molar-refractivity contribution in [1.82, 2.24) is 9.78 Å². The van der Waals surface area contributed by atoms with Crippen LogP contribution in [0.15, 0.2) is 12.4 Å². The van der Waals surface area contributed by atoms with E-state index < -0.39 is 0 Å². The molecule has 0 aliphatic carbocycles. The minimum Gasteiger partial charge on any atom is -0.375 e. The summed E-state index contributed by atoms with van der Waals surface area (Å²) in [7, 11) is 0. The number of nitrogens with two attached hydrogens (primary N) is 1. The summed E-state index contributed by atoms with van der Waals surface area (Å²) in [6.07, 6.45) is 5.74. The van der Waals surface area contributed by atoms with Crippen LogP contribution >= 0.6 is 0 Å². The van der Waals surface area contributed by atoms with Crippen molar-refractivity contribution in [2.75, 3.05) is 6.61 Å². The maximum absolute atomic E-state index is 6.15. The molecule has 1 aromatic heterocycles. The maximum atomic E-state index is 6.15. The van der Waals surface area contributed by atoms with Gasteiger partial charge in [-0.2, -0.15) is 5.10 Å². The zero-order valence-corrected chi connectivity index (χ0v) is 10.6. The van der Waals surface area contributed by atoms with Gasteiger partial charge in [0, 0.05) is 23.8 Å². The molecule has 0 saturated carbocycles. The van der Waals surface area contributed by atoms with E-state index in [4.69, 9.17) is 10.5 Å². The summed E-state index contributed by atoms with van der Waals surface area (Å²) in [6, 6.07) is 0. The molecule has 4 heteroatoms. The molecule has 0 radical (unpaired) electrons. The van der Waals surface area contributed by atoms with Crippen LogP contribution in [0.25, 0.3) is 0 Å². The first-order valence-corrected chi connectivity index (χ1v) is 6.01. The third kappa shape index (κ3) is 3.61. The average molecular weight is 225 g/mol. The van der Waals surface area contributed by atoms with E-state index in [0.29, 0.717) is 13.2 Å². The van der Waals surface area contributed by atoms with Crippen molar-refractivity contribution in [3.63, 3.8) is 0 Å². The first-order chi connectivity index (χ1) is 7.63. The third-order valence-corrected chi connectivity index (χ3v) is 3.08. The number of hydrogen-bond donors (Lipinski definition) is 1. The number of aryl methyl sites for hydroxylation is 1. The molecule has 92 valence electrons. The summed E-state index contributed by atoms with van der Waals surface area (Å²) in [5.41, 5.74) is 7.07. The predicted octanol–water partition coefficient (Wildman–Crippen LogP) is 1.94. The van der Waals surface area contributed by atoms with Gasteiger partial charge in [0.2, 0.25) is 0 Å². The van der Waals surface area contributed by atoms with E-state index in [2.05, 4.69) is 25.9 Å². The first kappa shape index (κ1) is 13.2. The van der Waals surface area contributed by atoms with Crippen molar-refractivity contribution in [1.29, 1.82) is 0 Å². The Morgan fingerprint density at radius 2 is 2.06 bits per heavy atom. The summed E-state index contributed by atoms with van der Waals surface area (Å²) >= 11 is 0. The number of hydrogen-bond acceptors (Lipinski definition) is 3. The van der Waals surface area contributed by atoms with E-state index in [1.807, 2.05) is 17.1 Å². The maximum Gasteiger partial charge on any atom is 0.0748 e. The van der Waals surface area contributed by atoms with Gasteiger partial charge in [-0.15, -0.1) is 0 Å². The van der Waals surface area contributed by atoms with Gasteiger partial charge in [0.05, 0.1) is 19.4 Å². The second-order valence-electron chi connectivity index (χ2n) is 4.27. The van der Waals surface area contributed by atoms with Gasteiger partial charge >= 0.3 is 0 Å². The van der Waals surface area contributed by atoms with Gasteiger partial charge in [0.1, 0.15) is 0 Å². The van der Waals surface area contributed by atoms with Gasteiger partial charge < -0.3 is 10.5 Å². The Balaban J connectivity index is 2.35. The molecule has 0 spiro atoms. The second kappa shape index (κ2) is 6.01. The Bertz CT molecular complexity index is 305. The lowest BCUT2D eigenvalue weighted by atomic mass is 9.96. The molecule has 0 aliphatic heterocycles. The highest BCUT2D eigenvalue weighted by molar-refractivity contribution is 5.01. The van der Waals surface area contributed by atoms with Crippen LogP contribution < -0.4 is 5.73 Å². The molecular formula is C12H23N3O. The lowest BCUT2D eigenvalue weighted by Crippen LogP contribution is -2.43. The van der Waals surface area contributed by atoms with Crippen molar-refractivity contribution in [3.8, 4) is 0 Å². The van der Waals surface area contributed by atoms with Crippen LogP contribution in [0.5, 0.6) is 0 Å². The number of aromatic nitrogens is 2. The fourth-order valence-corrected chi connectivity index (χ4v) is 1.48. The van der Waals surface area contributed by atoms with E-state index >= 15 is 0 Å². The highest BCUT2D eigenvalue weighted by atomic mass is 16.5. The lowest BCUT2D eigenvalue weighted by Gasteiger charge is -2.26. The van der Waals surface area contributed by atoms with E-state index in [-0.39, 0.29) is 5.54 Å². The summed E-state index contributed by atoms with van der Waals surface area (Å²) < 4.78 is 7.54. The third-order valence-electron chi connectivity index (χ3n) is 3.08. The zero-order valence-electron chi connectivity index (χ0n) is 10.6. The van der Waals surface area contributed by atoms with Crippen LogP contribution in [0, 0.1) is 0 Å². The van der Waals surface area contributed by atoms with Gasteiger partial charge in [-0.3, -0.25) is 4.68 Å². The molecule has 16 heavy (non-hydrogen) atoms. The average Bonchev–Trinajstić information content (AvgIpc) is 2.77. The van der Waals surface area contributed by atoms with E-state index in [1.54, 1.807) is 0 Å². The van der Waals surface area contributed by atoms with E-state index in [0.717, 1.165) is 24.9 Å². The molecule has 0 aromatic carbocycles. The minimum atomic E-state index is -0.180. The second-order valence-corrected chi connectivity index (χ2v) is 4.27. The molecule has 0 unspecified atom stereocenters. The van der Waals surface area contributed by atoms with Gasteiger partial charge in [0.15, 0.2) is 0 Å². The monoisotopic (exact) mass is 225 g/mol. The standard InChI is InChI=1S/C12H23N3O/c1-4-12(13,5-2)10-16-9-11-7-14-15(6-3)8-11/h7-8H,4-6,9-10,13H2,1-3H3. The summed E-state index contributed by atoms with van der Waals surface area (Å²) in [6.45, 7) is 8.36. The Kier molecular flexibility index (Phi) is 4.96. The summed E-state index contributed by atoms with van der Waals surface area (Å²) in [4.78, 5) is 0. The normalized spacial score (nSPS) is 12.0. The van der Waals surface area contributed by atoms with Gasteiger partial charge in [-0.05, 0) is 19.8 Å². The van der Waals surface area contributed by atoms with Crippen LogP contribution in [0.2, 0.25) is 0 Å². The van der Waals surface area contributed by atoms with Crippen LogP contribution in [-0.2, 0) is 17.9 Å². The van der Waals surface area contributed by atoms with E-state index in [9.17, 15) is 0 Å². The molecule has 0 amide bonds. The van der Waals surface area contributed by atoms with Gasteiger partial charge in [-0.1, -0.05) is 13.8 Å². The van der Waals surface area contributed by atoms with Crippen LogP contribution in [0.3, 0.4) is 0 Å². The molecule has 0 bridgehead atoms. The summed E-state index contributed by atoms with van der Waals surface area (Å²) in [5, 5.41) is 4.20. The van der Waals surface area contributed by atoms with E-state index in [1.165, 1.54) is 0 Å². The molecule has 4 nitrogen and oxygen atoms in total. The largest absolute Gasteiger partial charge is 0.375 e. The lowest BCUT2D eigenvalue weighted by molar-refractivity contribution is 0.0696. The Morgan fingerprint density at radius 3 is 2.56 bits per heavy atom. The minimum absolute atomic E-state index is 0.180. The fraction of sp³-hybridized carbons (Fsp3) is 0.750. The highest BCUT2D eigenvalue weighted by Crippen LogP contribution is 2.12. The molecule has 0 fully saturated rings.